The van der Waals surface area contributed by atoms with E-state index in [0.717, 1.165) is 5.56 Å². The van der Waals surface area contributed by atoms with E-state index in [4.69, 9.17) is 0 Å². The van der Waals surface area contributed by atoms with Crippen LogP contribution in [-0.4, -0.2) is 31.3 Å². The summed E-state index contributed by atoms with van der Waals surface area (Å²) in [6.45, 7) is 4.26. The maximum absolute atomic E-state index is 13.2. The summed E-state index contributed by atoms with van der Waals surface area (Å²) in [5.41, 5.74) is 1.18. The lowest BCUT2D eigenvalue weighted by Gasteiger charge is -2.07. The molecule has 126 valence electrons. The largest absolute Gasteiger partial charge is 0.298 e. The van der Waals surface area contributed by atoms with E-state index in [1.807, 2.05) is 16.7 Å². The second-order valence-corrected chi connectivity index (χ2v) is 6.11. The van der Waals surface area contributed by atoms with Gasteiger partial charge in [0.15, 0.2) is 16.8 Å². The number of thioether (sulfide) groups is 1. The highest BCUT2D eigenvalue weighted by Crippen LogP contribution is 2.24. The maximum Gasteiger partial charge on any atom is 0.192 e. The standard InChI is InChI=1S/C18H15FN4OS/c1-2-9-23-17(14-6-4-8-20-11-14)21-22-18(23)25-12-16(24)13-5-3-7-15(19)10-13/h2-8,10-11H,1,9,12H2. The van der Waals surface area contributed by atoms with Crippen LogP contribution >= 0.6 is 11.8 Å². The van der Waals surface area contributed by atoms with Gasteiger partial charge < -0.3 is 0 Å². The van der Waals surface area contributed by atoms with Crippen molar-refractivity contribution >= 4 is 17.5 Å². The number of Topliss-reactive ketones (excluding diaryl/α,β-unsaturated/α-hetero) is 1. The molecule has 5 nitrogen and oxygen atoms in total. The van der Waals surface area contributed by atoms with Crippen molar-refractivity contribution in [1.82, 2.24) is 19.7 Å². The van der Waals surface area contributed by atoms with Crippen LogP contribution in [0.5, 0.6) is 0 Å². The van der Waals surface area contributed by atoms with Gasteiger partial charge in [-0.1, -0.05) is 30.0 Å². The number of benzene rings is 1. The molecule has 0 spiro atoms. The number of nitrogens with zero attached hydrogens (tertiary/aromatic N) is 4. The summed E-state index contributed by atoms with van der Waals surface area (Å²) in [5.74, 6) is 0.213. The molecule has 3 rings (SSSR count). The molecule has 0 saturated heterocycles. The van der Waals surface area contributed by atoms with Gasteiger partial charge in [0.25, 0.3) is 0 Å². The van der Waals surface area contributed by atoms with Gasteiger partial charge in [-0.2, -0.15) is 0 Å². The summed E-state index contributed by atoms with van der Waals surface area (Å²) in [5, 5.41) is 8.97. The van der Waals surface area contributed by atoms with Crippen LogP contribution in [0.15, 0.2) is 66.6 Å². The molecule has 0 amide bonds. The fraction of sp³-hybridized carbons (Fsp3) is 0.111. The van der Waals surface area contributed by atoms with Gasteiger partial charge in [-0.25, -0.2) is 4.39 Å². The number of carbonyl (C=O) groups excluding carboxylic acids is 1. The molecule has 0 aliphatic carbocycles. The number of carbonyl (C=O) groups is 1. The van der Waals surface area contributed by atoms with Crippen molar-refractivity contribution in [2.75, 3.05) is 5.75 Å². The van der Waals surface area contributed by atoms with E-state index in [9.17, 15) is 9.18 Å². The van der Waals surface area contributed by atoms with Crippen molar-refractivity contribution in [3.05, 3.63) is 72.8 Å². The Labute approximate surface area is 148 Å². The first-order valence-electron chi connectivity index (χ1n) is 7.55. The van der Waals surface area contributed by atoms with E-state index in [2.05, 4.69) is 21.8 Å². The van der Waals surface area contributed by atoms with E-state index in [1.165, 1.54) is 30.0 Å². The lowest BCUT2D eigenvalue weighted by Crippen LogP contribution is -2.05. The summed E-state index contributed by atoms with van der Waals surface area (Å²) in [4.78, 5) is 16.3. The zero-order chi connectivity index (χ0) is 17.6. The molecule has 0 aliphatic rings. The molecule has 2 heterocycles. The van der Waals surface area contributed by atoms with E-state index in [1.54, 1.807) is 24.5 Å². The number of allylic oxidation sites excluding steroid dienone is 1. The van der Waals surface area contributed by atoms with Crippen molar-refractivity contribution in [1.29, 1.82) is 0 Å². The molecule has 0 atom stereocenters. The third kappa shape index (κ3) is 4.00. The Bertz CT molecular complexity index is 895. The monoisotopic (exact) mass is 354 g/mol. The van der Waals surface area contributed by atoms with Crippen LogP contribution in [0.25, 0.3) is 11.4 Å². The van der Waals surface area contributed by atoms with Crippen molar-refractivity contribution in [2.24, 2.45) is 0 Å². The van der Waals surface area contributed by atoms with Gasteiger partial charge in [-0.05, 0) is 24.3 Å². The van der Waals surface area contributed by atoms with Crippen molar-refractivity contribution < 1.29 is 9.18 Å². The summed E-state index contributed by atoms with van der Waals surface area (Å²) in [6, 6.07) is 9.38. The van der Waals surface area contributed by atoms with Crippen LogP contribution in [0, 0.1) is 5.82 Å². The number of hydrogen-bond donors (Lipinski definition) is 0. The molecule has 0 N–H and O–H groups in total. The van der Waals surface area contributed by atoms with Crippen molar-refractivity contribution in [3.63, 3.8) is 0 Å². The lowest BCUT2D eigenvalue weighted by molar-refractivity contribution is 0.102. The van der Waals surface area contributed by atoms with E-state index in [-0.39, 0.29) is 11.5 Å². The molecule has 0 unspecified atom stereocenters. The quantitative estimate of drug-likeness (QED) is 0.368. The minimum absolute atomic E-state index is 0.145. The fourth-order valence-corrected chi connectivity index (χ4v) is 3.12. The Kier molecular flexibility index (Phi) is 5.35. The number of hydrogen-bond acceptors (Lipinski definition) is 5. The molecule has 25 heavy (non-hydrogen) atoms. The smallest absolute Gasteiger partial charge is 0.192 e. The van der Waals surface area contributed by atoms with Crippen molar-refractivity contribution in [2.45, 2.75) is 11.7 Å². The predicted molar refractivity (Wildman–Crippen MR) is 94.9 cm³/mol. The normalized spacial score (nSPS) is 10.6. The molecule has 3 aromatic rings. The number of ketones is 1. The number of halogens is 1. The van der Waals surface area contributed by atoms with E-state index < -0.39 is 5.82 Å². The van der Waals surface area contributed by atoms with E-state index in [0.29, 0.717) is 23.1 Å². The molecule has 1 aromatic carbocycles. The van der Waals surface area contributed by atoms with Gasteiger partial charge in [-0.15, -0.1) is 16.8 Å². The third-order valence-electron chi connectivity index (χ3n) is 3.43. The van der Waals surface area contributed by atoms with Crippen LogP contribution in [0.4, 0.5) is 4.39 Å². The average Bonchev–Trinajstić information content (AvgIpc) is 3.03. The summed E-state index contributed by atoms with van der Waals surface area (Å²) >= 11 is 1.26. The zero-order valence-electron chi connectivity index (χ0n) is 13.3. The number of rotatable bonds is 7. The summed E-state index contributed by atoms with van der Waals surface area (Å²) < 4.78 is 15.1. The Morgan fingerprint density at radius 2 is 2.16 bits per heavy atom. The SMILES string of the molecule is C=CCn1c(SCC(=O)c2cccc(F)c2)nnc1-c1cccnc1. The Morgan fingerprint density at radius 1 is 1.28 bits per heavy atom. The summed E-state index contributed by atoms with van der Waals surface area (Å²) in [7, 11) is 0. The van der Waals surface area contributed by atoms with Gasteiger partial charge in [0, 0.05) is 30.1 Å². The fourth-order valence-electron chi connectivity index (χ4n) is 2.27. The van der Waals surface area contributed by atoms with Crippen LogP contribution in [-0.2, 0) is 6.54 Å². The first-order valence-corrected chi connectivity index (χ1v) is 8.53. The molecule has 0 saturated carbocycles. The second-order valence-electron chi connectivity index (χ2n) is 5.17. The highest BCUT2D eigenvalue weighted by molar-refractivity contribution is 7.99. The van der Waals surface area contributed by atoms with Gasteiger partial charge in [-0.3, -0.25) is 14.3 Å². The minimum Gasteiger partial charge on any atom is -0.298 e. The van der Waals surface area contributed by atoms with Crippen molar-refractivity contribution in [3.8, 4) is 11.4 Å². The Hall–Kier alpha value is -2.80. The molecule has 2 aromatic heterocycles. The second kappa shape index (κ2) is 7.85. The molecular formula is C18H15FN4OS. The van der Waals surface area contributed by atoms with Gasteiger partial charge in [0.1, 0.15) is 5.82 Å². The predicted octanol–water partition coefficient (Wildman–Crippen LogP) is 3.64. The minimum atomic E-state index is -0.426. The van der Waals surface area contributed by atoms with Crippen LogP contribution < -0.4 is 0 Å². The van der Waals surface area contributed by atoms with E-state index >= 15 is 0 Å². The highest BCUT2D eigenvalue weighted by Gasteiger charge is 2.15. The molecule has 7 heteroatoms. The molecule has 0 radical (unpaired) electrons. The van der Waals surface area contributed by atoms with Gasteiger partial charge in [0.2, 0.25) is 0 Å². The highest BCUT2D eigenvalue weighted by atomic mass is 32.2. The average molecular weight is 354 g/mol. The van der Waals surface area contributed by atoms with Crippen LogP contribution in [0.1, 0.15) is 10.4 Å². The molecule has 0 aliphatic heterocycles. The third-order valence-corrected chi connectivity index (χ3v) is 4.39. The molecule has 0 fully saturated rings. The Balaban J connectivity index is 1.80. The topological polar surface area (TPSA) is 60.7 Å². The number of pyridine rings is 1. The summed E-state index contributed by atoms with van der Waals surface area (Å²) in [6.07, 6.45) is 5.13. The Morgan fingerprint density at radius 3 is 2.88 bits per heavy atom. The zero-order valence-corrected chi connectivity index (χ0v) is 14.1. The van der Waals surface area contributed by atoms with Gasteiger partial charge in [0.05, 0.1) is 5.75 Å². The number of aromatic nitrogens is 4. The van der Waals surface area contributed by atoms with Gasteiger partial charge >= 0.3 is 0 Å². The molecule has 0 bridgehead atoms. The first-order chi connectivity index (χ1) is 12.2. The maximum atomic E-state index is 13.2. The van der Waals surface area contributed by atoms with Crippen LogP contribution in [0.3, 0.4) is 0 Å². The first kappa shape index (κ1) is 17.0. The molecular weight excluding hydrogens is 339 g/mol. The van der Waals surface area contributed by atoms with Crippen LogP contribution in [0.2, 0.25) is 0 Å². The lowest BCUT2D eigenvalue weighted by atomic mass is 10.1.